The van der Waals surface area contributed by atoms with Crippen molar-refractivity contribution >= 4 is 40.9 Å². The normalized spacial score (nSPS) is 16.5. The van der Waals surface area contributed by atoms with Crippen molar-refractivity contribution in [1.29, 1.82) is 0 Å². The van der Waals surface area contributed by atoms with Crippen molar-refractivity contribution in [2.75, 3.05) is 25.6 Å². The van der Waals surface area contributed by atoms with E-state index in [0.717, 1.165) is 38.5 Å². The molecular weight excluding hydrogens is 819 g/mol. The van der Waals surface area contributed by atoms with Gasteiger partial charge in [0.1, 0.15) is 31.2 Å². The summed E-state index contributed by atoms with van der Waals surface area (Å²) in [5.74, 6) is -2.01. The van der Waals surface area contributed by atoms with Crippen LogP contribution in [-0.4, -0.2) is 86.6 Å². The molecule has 3 heterocycles. The lowest BCUT2D eigenvalue weighted by atomic mass is 10.0. The molecule has 0 spiro atoms. The smallest absolute Gasteiger partial charge is 0.306 e. The summed E-state index contributed by atoms with van der Waals surface area (Å²) in [7, 11) is 0. The van der Waals surface area contributed by atoms with Crippen LogP contribution in [0.25, 0.3) is 11.2 Å². The van der Waals surface area contributed by atoms with Crippen LogP contribution in [0.2, 0.25) is 0 Å². The van der Waals surface area contributed by atoms with E-state index in [1.54, 1.807) is 4.57 Å². The summed E-state index contributed by atoms with van der Waals surface area (Å²) >= 11 is 0. The first-order valence-electron chi connectivity index (χ1n) is 25.1. The van der Waals surface area contributed by atoms with Gasteiger partial charge in [-0.1, -0.05) is 168 Å². The third kappa shape index (κ3) is 23.4. The van der Waals surface area contributed by atoms with Gasteiger partial charge >= 0.3 is 23.9 Å². The van der Waals surface area contributed by atoms with E-state index in [1.165, 1.54) is 135 Å². The number of carbonyl (C=O) groups excluding carboxylic acids is 4. The fourth-order valence-electron chi connectivity index (χ4n) is 8.12. The lowest BCUT2D eigenvalue weighted by molar-refractivity contribution is -0.167. The van der Waals surface area contributed by atoms with Crippen LogP contribution in [-0.2, 0) is 42.9 Å². The van der Waals surface area contributed by atoms with Crippen LogP contribution in [0.4, 0.5) is 5.82 Å². The van der Waals surface area contributed by atoms with E-state index in [9.17, 15) is 24.3 Å². The maximum atomic E-state index is 12.9. The predicted octanol–water partition coefficient (Wildman–Crippen LogP) is 10.3. The van der Waals surface area contributed by atoms with Gasteiger partial charge in [0.05, 0.1) is 31.9 Å². The quantitative estimate of drug-likeness (QED) is 0.0364. The Hall–Kier alpha value is -3.85. The molecule has 0 amide bonds. The van der Waals surface area contributed by atoms with Crippen LogP contribution in [0.15, 0.2) is 12.7 Å². The molecule has 0 saturated carbocycles. The molecule has 64 heavy (non-hydrogen) atoms. The zero-order valence-corrected chi connectivity index (χ0v) is 39.5. The summed E-state index contributed by atoms with van der Waals surface area (Å²) in [6, 6.07) is 0. The number of carbonyl (C=O) groups is 4. The van der Waals surface area contributed by atoms with Gasteiger partial charge in [0.25, 0.3) is 0 Å². The largest absolute Gasteiger partial charge is 0.462 e. The highest BCUT2D eigenvalue weighted by Crippen LogP contribution is 2.34. The minimum absolute atomic E-state index is 0.183. The average Bonchev–Trinajstić information content (AvgIpc) is 3.91. The second-order valence-corrected chi connectivity index (χ2v) is 17.6. The first-order valence-corrected chi connectivity index (χ1v) is 25.1. The van der Waals surface area contributed by atoms with Crippen molar-refractivity contribution in [3.05, 3.63) is 12.7 Å². The third-order valence-electron chi connectivity index (χ3n) is 12.0. The van der Waals surface area contributed by atoms with E-state index in [0.29, 0.717) is 17.6 Å². The van der Waals surface area contributed by atoms with Crippen molar-refractivity contribution < 1.29 is 48.0 Å². The molecule has 364 valence electrons. The van der Waals surface area contributed by atoms with Crippen molar-refractivity contribution in [2.24, 2.45) is 0 Å². The summed E-state index contributed by atoms with van der Waals surface area (Å²) in [5.41, 5.74) is 6.67. The molecular formula is C49H83N5O10. The molecule has 15 nitrogen and oxygen atoms in total. The monoisotopic (exact) mass is 902 g/mol. The standard InChI is InChI=1S/C49H83N5O10/c1-3-5-7-9-11-13-15-17-19-21-23-25-27-29-42(56)60-35-40(62-44(58)30-28-26-24-22-20-18-16-14-12-10-8-6-4-2)36-61-43(57)31-32-45(59)64-41-33-39(34-55)63-49(41)54-38-53-46-47(50)51-37-52-48(46)54/h37-41,49,55H,3-36H2,1-2H3,(H2,50,51,52)/t39-,40?,41+,49+/m0/s1. The lowest BCUT2D eigenvalue weighted by Gasteiger charge is -2.20. The maximum Gasteiger partial charge on any atom is 0.306 e. The Balaban J connectivity index is 1.38. The maximum absolute atomic E-state index is 12.9. The number of nitrogens with zero attached hydrogens (tertiary/aromatic N) is 4. The van der Waals surface area contributed by atoms with E-state index >= 15 is 0 Å². The number of aromatic nitrogens is 4. The van der Waals surface area contributed by atoms with Crippen LogP contribution < -0.4 is 5.73 Å². The zero-order valence-electron chi connectivity index (χ0n) is 39.5. The molecule has 2 aromatic heterocycles. The Morgan fingerprint density at radius 2 is 1.09 bits per heavy atom. The molecule has 1 aliphatic heterocycles. The highest BCUT2D eigenvalue weighted by Gasteiger charge is 2.40. The molecule has 1 unspecified atom stereocenters. The van der Waals surface area contributed by atoms with Crippen molar-refractivity contribution in [3.8, 4) is 0 Å². The van der Waals surface area contributed by atoms with Crippen LogP contribution >= 0.6 is 0 Å². The van der Waals surface area contributed by atoms with Gasteiger partial charge in [-0.05, 0) is 12.8 Å². The number of nitrogens with two attached hydrogens (primary N) is 1. The summed E-state index contributed by atoms with van der Waals surface area (Å²) in [6.07, 6.45) is 30.9. The third-order valence-corrected chi connectivity index (χ3v) is 12.0. The molecule has 1 aliphatic rings. The zero-order chi connectivity index (χ0) is 46.0. The number of unbranched alkanes of at least 4 members (excludes halogenated alkanes) is 24. The first kappa shape index (κ1) is 54.5. The van der Waals surface area contributed by atoms with Gasteiger partial charge in [0.2, 0.25) is 0 Å². The van der Waals surface area contributed by atoms with E-state index in [1.807, 2.05) is 0 Å². The Labute approximate surface area is 383 Å². The number of fused-ring (bicyclic) bond motifs is 1. The molecule has 3 N–H and O–H groups in total. The van der Waals surface area contributed by atoms with Gasteiger partial charge in [-0.3, -0.25) is 23.7 Å². The van der Waals surface area contributed by atoms with Crippen molar-refractivity contribution in [2.45, 2.75) is 237 Å². The first-order chi connectivity index (χ1) is 31.2. The molecule has 1 saturated heterocycles. The number of ether oxygens (including phenoxy) is 5. The highest BCUT2D eigenvalue weighted by molar-refractivity contribution is 5.81. The van der Waals surface area contributed by atoms with E-state index in [2.05, 4.69) is 28.8 Å². The van der Waals surface area contributed by atoms with Crippen LogP contribution in [0, 0.1) is 0 Å². The molecule has 2 aromatic rings. The fraction of sp³-hybridized carbons (Fsp3) is 0.816. The minimum atomic E-state index is -0.976. The predicted molar refractivity (Wildman–Crippen MR) is 247 cm³/mol. The van der Waals surface area contributed by atoms with Gasteiger partial charge < -0.3 is 34.5 Å². The summed E-state index contributed by atoms with van der Waals surface area (Å²) in [5, 5.41) is 9.78. The van der Waals surface area contributed by atoms with Gasteiger partial charge in [0.15, 0.2) is 23.8 Å². The molecule has 4 atom stereocenters. The van der Waals surface area contributed by atoms with Gasteiger partial charge in [-0.15, -0.1) is 0 Å². The molecule has 0 aromatic carbocycles. The highest BCUT2D eigenvalue weighted by atomic mass is 16.6. The second kappa shape index (κ2) is 34.5. The molecule has 0 aliphatic carbocycles. The number of nitrogen functional groups attached to an aromatic ring is 1. The van der Waals surface area contributed by atoms with Crippen LogP contribution in [0.3, 0.4) is 0 Å². The molecule has 0 radical (unpaired) electrons. The molecule has 3 rings (SSSR count). The Kier molecular flexibility index (Phi) is 29.4. The minimum Gasteiger partial charge on any atom is -0.462 e. The van der Waals surface area contributed by atoms with Gasteiger partial charge in [-0.25, -0.2) is 15.0 Å². The van der Waals surface area contributed by atoms with Gasteiger partial charge in [0, 0.05) is 19.3 Å². The Bertz CT molecular complexity index is 1570. The molecule has 0 bridgehead atoms. The number of hydrogen-bond donors (Lipinski definition) is 2. The number of esters is 4. The lowest BCUT2D eigenvalue weighted by Crippen LogP contribution is -2.31. The second-order valence-electron chi connectivity index (χ2n) is 17.6. The number of aliphatic hydroxyl groups excluding tert-OH is 1. The molecule has 15 heteroatoms. The van der Waals surface area contributed by atoms with Crippen LogP contribution in [0.1, 0.15) is 219 Å². The van der Waals surface area contributed by atoms with Crippen molar-refractivity contribution in [1.82, 2.24) is 19.5 Å². The Morgan fingerprint density at radius 3 is 1.59 bits per heavy atom. The summed E-state index contributed by atoms with van der Waals surface area (Å²) in [4.78, 5) is 63.7. The Morgan fingerprint density at radius 1 is 0.641 bits per heavy atom. The summed E-state index contributed by atoms with van der Waals surface area (Å²) in [6.45, 7) is 3.64. The average molecular weight is 902 g/mol. The van der Waals surface area contributed by atoms with E-state index in [-0.39, 0.29) is 63.7 Å². The fourth-order valence-corrected chi connectivity index (χ4v) is 8.12. The SMILES string of the molecule is CCCCCCCCCCCCCCCC(=O)OCC(COC(=O)CCC(=O)O[C@@H]1C[C@@H](CO)O[C@H]1n1cnc2c(N)ncnc21)OC(=O)CCCCCCCCCCCCCCC. The number of imidazole rings is 1. The topological polar surface area (TPSA) is 204 Å². The van der Waals surface area contributed by atoms with E-state index < -0.39 is 42.4 Å². The van der Waals surface area contributed by atoms with E-state index in [4.69, 9.17) is 29.4 Å². The summed E-state index contributed by atoms with van der Waals surface area (Å²) < 4.78 is 29.8. The van der Waals surface area contributed by atoms with Gasteiger partial charge in [-0.2, -0.15) is 0 Å². The number of anilines is 1. The van der Waals surface area contributed by atoms with Crippen molar-refractivity contribution in [3.63, 3.8) is 0 Å². The molecule has 1 fully saturated rings. The number of hydrogen-bond acceptors (Lipinski definition) is 14. The number of aliphatic hydroxyl groups is 1. The van der Waals surface area contributed by atoms with Crippen LogP contribution in [0.5, 0.6) is 0 Å². The number of rotatable bonds is 39.